The highest BCUT2D eigenvalue weighted by molar-refractivity contribution is 7.14. The van der Waals surface area contributed by atoms with Gasteiger partial charge in [0.25, 0.3) is 5.91 Å². The Bertz CT molecular complexity index is 533. The highest BCUT2D eigenvalue weighted by Crippen LogP contribution is 2.32. The molecule has 5 heteroatoms. The van der Waals surface area contributed by atoms with Gasteiger partial charge in [0.1, 0.15) is 5.54 Å². The van der Waals surface area contributed by atoms with Gasteiger partial charge in [-0.25, -0.2) is 4.79 Å². The summed E-state index contributed by atoms with van der Waals surface area (Å²) in [6.07, 6.45) is 3.27. The topological polar surface area (TPSA) is 55.4 Å². The zero-order valence-corrected chi connectivity index (χ0v) is 13.2. The van der Waals surface area contributed by atoms with Crippen molar-refractivity contribution in [3.05, 3.63) is 21.4 Å². The summed E-state index contributed by atoms with van der Waals surface area (Å²) in [6.45, 7) is 5.53. The Balaban J connectivity index is 2.13. The molecule has 2 rings (SSSR count). The van der Waals surface area contributed by atoms with E-state index in [9.17, 15) is 9.59 Å². The lowest BCUT2D eigenvalue weighted by Gasteiger charge is -2.22. The van der Waals surface area contributed by atoms with Crippen molar-refractivity contribution in [3.8, 4) is 0 Å². The molecule has 0 saturated heterocycles. The molecule has 0 fully saturated rings. The molecule has 1 aliphatic carbocycles. The molecule has 0 radical (unpaired) electrons. The van der Waals surface area contributed by atoms with Crippen LogP contribution in [0.3, 0.4) is 0 Å². The van der Waals surface area contributed by atoms with Crippen LogP contribution >= 0.6 is 11.3 Å². The third kappa shape index (κ3) is 3.03. The second-order valence-electron chi connectivity index (χ2n) is 5.98. The number of aryl methyl sites for hydroxylation is 1. The van der Waals surface area contributed by atoms with Gasteiger partial charge in [-0.1, -0.05) is 6.92 Å². The van der Waals surface area contributed by atoms with E-state index in [1.54, 1.807) is 25.2 Å². The second-order valence-corrected chi connectivity index (χ2v) is 7.11. The highest BCUT2D eigenvalue weighted by Gasteiger charge is 2.31. The smallest absolute Gasteiger partial charge is 0.330 e. The van der Waals surface area contributed by atoms with E-state index < -0.39 is 11.5 Å². The summed E-state index contributed by atoms with van der Waals surface area (Å²) < 4.78 is 4.70. The molecule has 0 aromatic carbocycles. The fraction of sp³-hybridized carbons (Fsp3) is 0.600. The van der Waals surface area contributed by atoms with Crippen LogP contribution in [0.1, 0.15) is 47.3 Å². The molecule has 1 aromatic heterocycles. The summed E-state index contributed by atoms with van der Waals surface area (Å²) in [6, 6.07) is 1.97. The van der Waals surface area contributed by atoms with Crippen LogP contribution in [-0.4, -0.2) is 24.5 Å². The average Bonchev–Trinajstić information content (AvgIpc) is 2.80. The van der Waals surface area contributed by atoms with Gasteiger partial charge in [-0.2, -0.15) is 0 Å². The largest absolute Gasteiger partial charge is 0.467 e. The summed E-state index contributed by atoms with van der Waals surface area (Å²) >= 11 is 1.54. The van der Waals surface area contributed by atoms with Crippen molar-refractivity contribution in [2.24, 2.45) is 5.92 Å². The molecule has 1 atom stereocenters. The standard InChI is InChI=1S/C15H21NO3S/c1-9-5-6-11-10(7-9)8-12(20-11)13(17)16-15(2,3)14(18)19-4/h8-9H,5-7H2,1-4H3,(H,16,17). The van der Waals surface area contributed by atoms with E-state index in [-0.39, 0.29) is 5.91 Å². The molecule has 0 spiro atoms. The number of carbonyl (C=O) groups is 2. The molecule has 0 bridgehead atoms. The van der Waals surface area contributed by atoms with Crippen molar-refractivity contribution in [1.29, 1.82) is 0 Å². The maximum atomic E-state index is 12.3. The highest BCUT2D eigenvalue weighted by atomic mass is 32.1. The number of thiophene rings is 1. The van der Waals surface area contributed by atoms with Gasteiger partial charge in [-0.05, 0) is 50.7 Å². The van der Waals surface area contributed by atoms with Crippen LogP contribution in [0, 0.1) is 5.92 Å². The SMILES string of the molecule is COC(=O)C(C)(C)NC(=O)c1cc2c(s1)CCC(C)C2. The maximum Gasteiger partial charge on any atom is 0.330 e. The van der Waals surface area contributed by atoms with Gasteiger partial charge in [0.15, 0.2) is 0 Å². The molecule has 0 saturated carbocycles. The van der Waals surface area contributed by atoms with E-state index in [0.717, 1.165) is 12.8 Å². The van der Waals surface area contributed by atoms with Crippen LogP contribution in [-0.2, 0) is 22.4 Å². The van der Waals surface area contributed by atoms with Crippen molar-refractivity contribution < 1.29 is 14.3 Å². The van der Waals surface area contributed by atoms with Gasteiger partial charge in [0.2, 0.25) is 0 Å². The van der Waals surface area contributed by atoms with Crippen LogP contribution in [0.2, 0.25) is 0 Å². The lowest BCUT2D eigenvalue weighted by molar-refractivity contribution is -0.146. The molecular weight excluding hydrogens is 274 g/mol. The first-order valence-corrected chi connectivity index (χ1v) is 7.67. The third-order valence-corrected chi connectivity index (χ3v) is 4.91. The second kappa shape index (κ2) is 5.56. The number of amides is 1. The molecule has 1 aromatic rings. The molecule has 0 aliphatic heterocycles. The maximum absolute atomic E-state index is 12.3. The van der Waals surface area contributed by atoms with E-state index in [0.29, 0.717) is 10.8 Å². The summed E-state index contributed by atoms with van der Waals surface area (Å²) in [5.74, 6) is 0.0350. The van der Waals surface area contributed by atoms with Crippen LogP contribution < -0.4 is 5.32 Å². The molecule has 1 N–H and O–H groups in total. The molecule has 110 valence electrons. The number of hydrogen-bond acceptors (Lipinski definition) is 4. The monoisotopic (exact) mass is 295 g/mol. The number of fused-ring (bicyclic) bond motifs is 1. The Morgan fingerprint density at radius 3 is 2.80 bits per heavy atom. The van der Waals surface area contributed by atoms with Crippen molar-refractivity contribution in [2.75, 3.05) is 7.11 Å². The number of nitrogens with one attached hydrogen (secondary N) is 1. The zero-order chi connectivity index (χ0) is 14.9. The Morgan fingerprint density at radius 1 is 1.45 bits per heavy atom. The van der Waals surface area contributed by atoms with Crippen LogP contribution in [0.5, 0.6) is 0 Å². The predicted octanol–water partition coefficient (Wildman–Crippen LogP) is 2.55. The number of rotatable bonds is 3. The lowest BCUT2D eigenvalue weighted by atomic mass is 9.90. The van der Waals surface area contributed by atoms with Crippen molar-refractivity contribution in [1.82, 2.24) is 5.32 Å². The van der Waals surface area contributed by atoms with E-state index >= 15 is 0 Å². The minimum Gasteiger partial charge on any atom is -0.467 e. The van der Waals surface area contributed by atoms with Gasteiger partial charge in [0, 0.05) is 4.88 Å². The molecule has 20 heavy (non-hydrogen) atoms. The van der Waals surface area contributed by atoms with Gasteiger partial charge in [-0.15, -0.1) is 11.3 Å². The van der Waals surface area contributed by atoms with E-state index in [4.69, 9.17) is 4.74 Å². The molecule has 1 heterocycles. The van der Waals surface area contributed by atoms with Crippen molar-refractivity contribution in [3.63, 3.8) is 0 Å². The fourth-order valence-electron chi connectivity index (χ4n) is 2.47. The molecule has 1 aliphatic rings. The molecule has 1 amide bonds. The number of hydrogen-bond donors (Lipinski definition) is 1. The molecule has 1 unspecified atom stereocenters. The summed E-state index contributed by atoms with van der Waals surface area (Å²) in [7, 11) is 1.32. The van der Waals surface area contributed by atoms with Crippen LogP contribution in [0.15, 0.2) is 6.07 Å². The van der Waals surface area contributed by atoms with Crippen LogP contribution in [0.25, 0.3) is 0 Å². The fourth-order valence-corrected chi connectivity index (χ4v) is 3.57. The first-order chi connectivity index (χ1) is 9.33. The minimum atomic E-state index is -1.01. The Labute approximate surface area is 123 Å². The van der Waals surface area contributed by atoms with Crippen LogP contribution in [0.4, 0.5) is 0 Å². The Kier molecular flexibility index (Phi) is 4.18. The number of ether oxygens (including phenoxy) is 1. The summed E-state index contributed by atoms with van der Waals surface area (Å²) in [5, 5.41) is 2.74. The minimum absolute atomic E-state index is 0.201. The summed E-state index contributed by atoms with van der Waals surface area (Å²) in [4.78, 5) is 25.9. The van der Waals surface area contributed by atoms with Crippen molar-refractivity contribution in [2.45, 2.75) is 45.6 Å². The van der Waals surface area contributed by atoms with Gasteiger partial charge in [-0.3, -0.25) is 4.79 Å². The summed E-state index contributed by atoms with van der Waals surface area (Å²) in [5.41, 5.74) is 0.277. The van der Waals surface area contributed by atoms with Gasteiger partial charge in [0.05, 0.1) is 12.0 Å². The molecule has 4 nitrogen and oxygen atoms in total. The van der Waals surface area contributed by atoms with E-state index in [2.05, 4.69) is 12.2 Å². The van der Waals surface area contributed by atoms with E-state index in [1.807, 2.05) is 6.07 Å². The Morgan fingerprint density at radius 2 is 2.15 bits per heavy atom. The number of esters is 1. The van der Waals surface area contributed by atoms with Gasteiger partial charge < -0.3 is 10.1 Å². The zero-order valence-electron chi connectivity index (χ0n) is 12.4. The molecular formula is C15H21NO3S. The number of carbonyl (C=O) groups excluding carboxylic acids is 2. The predicted molar refractivity (Wildman–Crippen MR) is 79.1 cm³/mol. The first-order valence-electron chi connectivity index (χ1n) is 6.86. The third-order valence-electron chi connectivity index (χ3n) is 3.67. The quantitative estimate of drug-likeness (QED) is 0.872. The first kappa shape index (κ1) is 15.0. The number of methoxy groups -OCH3 is 1. The Hall–Kier alpha value is -1.36. The normalized spacial score (nSPS) is 18.3. The van der Waals surface area contributed by atoms with E-state index in [1.165, 1.54) is 24.0 Å². The van der Waals surface area contributed by atoms with Gasteiger partial charge >= 0.3 is 5.97 Å². The lowest BCUT2D eigenvalue weighted by Crippen LogP contribution is -2.50. The average molecular weight is 295 g/mol. The van der Waals surface area contributed by atoms with Crippen molar-refractivity contribution >= 4 is 23.2 Å².